The number of hydrogen-bond acceptors (Lipinski definition) is 6. The van der Waals surface area contributed by atoms with Crippen molar-refractivity contribution in [3.63, 3.8) is 0 Å². The smallest absolute Gasteiger partial charge is 0.255 e. The van der Waals surface area contributed by atoms with Gasteiger partial charge < -0.3 is 19.9 Å². The Morgan fingerprint density at radius 2 is 2.09 bits per heavy atom. The lowest BCUT2D eigenvalue weighted by molar-refractivity contribution is -0.136. The van der Waals surface area contributed by atoms with Crippen LogP contribution in [-0.2, 0) is 22.7 Å². The average molecular weight is 456 g/mol. The molecule has 0 saturated carbocycles. The first-order valence-electron chi connectivity index (χ1n) is 11.3. The van der Waals surface area contributed by atoms with Crippen molar-refractivity contribution in [3.8, 4) is 5.75 Å². The summed E-state index contributed by atoms with van der Waals surface area (Å²) in [5, 5.41) is 5.34. The molecule has 0 radical (unpaired) electrons. The highest BCUT2D eigenvalue weighted by Gasteiger charge is 2.39. The second kappa shape index (κ2) is 9.58. The fourth-order valence-electron chi connectivity index (χ4n) is 3.89. The molecule has 1 fully saturated rings. The highest BCUT2D eigenvalue weighted by Crippen LogP contribution is 2.32. The van der Waals surface area contributed by atoms with Crippen molar-refractivity contribution in [2.24, 2.45) is 0 Å². The third-order valence-electron chi connectivity index (χ3n) is 5.69. The summed E-state index contributed by atoms with van der Waals surface area (Å²) in [6.07, 6.45) is -0.0707. The molecule has 2 N–H and O–H groups in total. The molecule has 2 aromatic rings. The number of benzene rings is 2. The van der Waals surface area contributed by atoms with Gasteiger partial charge in [0.05, 0.1) is 1.37 Å². The average Bonchev–Trinajstić information content (AvgIpc) is 3.14. The molecule has 0 aromatic heterocycles. The summed E-state index contributed by atoms with van der Waals surface area (Å²) in [7, 11) is 3.88. The predicted molar refractivity (Wildman–Crippen MR) is 120 cm³/mol. The molecule has 1 saturated heterocycles. The molecule has 174 valence electrons. The van der Waals surface area contributed by atoms with Crippen molar-refractivity contribution in [3.05, 3.63) is 58.9 Å². The molecule has 2 heterocycles. The Kier molecular flexibility index (Phi) is 6.21. The van der Waals surface area contributed by atoms with Crippen molar-refractivity contribution in [2.75, 3.05) is 32.6 Å². The van der Waals surface area contributed by atoms with Crippen LogP contribution in [0.25, 0.3) is 0 Å². The first kappa shape index (κ1) is 21.4. The highest BCUT2D eigenvalue weighted by atomic mass is 19.1. The van der Waals surface area contributed by atoms with E-state index in [-0.39, 0.29) is 31.7 Å². The Morgan fingerprint density at radius 3 is 2.85 bits per heavy atom. The third kappa shape index (κ3) is 4.98. The molecule has 2 aliphatic rings. The predicted octanol–water partition coefficient (Wildman–Crippen LogP) is 2.14. The fourth-order valence-corrected chi connectivity index (χ4v) is 3.89. The summed E-state index contributed by atoms with van der Waals surface area (Å²) in [6, 6.07) is 7.82. The number of anilines is 1. The maximum Gasteiger partial charge on any atom is 0.255 e. The van der Waals surface area contributed by atoms with Crippen LogP contribution in [-0.4, -0.2) is 60.8 Å². The minimum atomic E-state index is -1.86. The van der Waals surface area contributed by atoms with Gasteiger partial charge in [-0.25, -0.2) is 4.39 Å². The fraction of sp³-hybridized carbons (Fsp3) is 0.375. The van der Waals surface area contributed by atoms with Crippen LogP contribution in [0.4, 0.5) is 10.1 Å². The topological polar surface area (TPSA) is 91.0 Å². The van der Waals surface area contributed by atoms with Gasteiger partial charge in [-0.1, -0.05) is 6.07 Å². The normalized spacial score (nSPS) is 20.5. The summed E-state index contributed by atoms with van der Waals surface area (Å²) in [5.74, 6) is -1.51. The van der Waals surface area contributed by atoms with E-state index in [2.05, 4.69) is 10.6 Å². The number of piperidine rings is 1. The number of amides is 3. The number of imide groups is 1. The number of fused-ring (bicyclic) bond motifs is 1. The Morgan fingerprint density at radius 1 is 1.27 bits per heavy atom. The lowest BCUT2D eigenvalue weighted by Gasteiger charge is -2.29. The quantitative estimate of drug-likeness (QED) is 0.593. The number of rotatable bonds is 8. The molecule has 4 rings (SSSR count). The molecule has 0 bridgehead atoms. The van der Waals surface area contributed by atoms with Crippen LogP contribution >= 0.6 is 0 Å². The summed E-state index contributed by atoms with van der Waals surface area (Å²) >= 11 is 0. The molecule has 0 unspecified atom stereocenters. The van der Waals surface area contributed by atoms with Gasteiger partial charge in [-0.2, -0.15) is 0 Å². The summed E-state index contributed by atoms with van der Waals surface area (Å²) < 4.78 is 28.7. The van der Waals surface area contributed by atoms with Crippen LogP contribution < -0.4 is 15.4 Å². The van der Waals surface area contributed by atoms with E-state index in [0.29, 0.717) is 34.7 Å². The van der Waals surface area contributed by atoms with E-state index >= 15 is 0 Å². The van der Waals surface area contributed by atoms with Gasteiger partial charge in [-0.15, -0.1) is 0 Å². The molecule has 3 amide bonds. The maximum atomic E-state index is 14.4. The minimum absolute atomic E-state index is 0.00724. The molecule has 2 aliphatic heterocycles. The Labute approximate surface area is 193 Å². The largest absolute Gasteiger partial charge is 0.492 e. The van der Waals surface area contributed by atoms with Gasteiger partial charge in [0, 0.05) is 48.4 Å². The third-order valence-corrected chi connectivity index (χ3v) is 5.69. The summed E-state index contributed by atoms with van der Waals surface area (Å²) in [4.78, 5) is 40.1. The molecular weight excluding hydrogens is 427 g/mol. The number of ether oxygens (including phenoxy) is 1. The highest BCUT2D eigenvalue weighted by molar-refractivity contribution is 6.06. The van der Waals surface area contributed by atoms with Crippen molar-refractivity contribution in [1.82, 2.24) is 15.1 Å². The number of carbonyl (C=O) groups is 3. The number of likely N-dealkylation sites (N-methyl/N-ethyl adjacent to an activating group) is 1. The van der Waals surface area contributed by atoms with E-state index in [1.54, 1.807) is 30.3 Å². The molecular formula is C24H27FN4O4. The van der Waals surface area contributed by atoms with Crippen LogP contribution in [0.3, 0.4) is 0 Å². The van der Waals surface area contributed by atoms with Crippen LogP contribution in [0, 0.1) is 5.82 Å². The van der Waals surface area contributed by atoms with Gasteiger partial charge >= 0.3 is 0 Å². The van der Waals surface area contributed by atoms with Gasteiger partial charge in [0.2, 0.25) is 11.8 Å². The Bertz CT molecular complexity index is 1140. The van der Waals surface area contributed by atoms with E-state index in [9.17, 15) is 18.8 Å². The standard InChI is InChI=1S/C24H27FN4O4/c1-28(2)10-11-33-16-6-7-19(25)15(12-16)13-26-20-5-3-4-17-18(20)14-29(24(17)32)21-8-9-22(30)27-23(21)31/h3-7,12,21,26H,8-11,13-14H2,1-2H3,(H,27,30,31)/t21-/m1/s1/i21D. The lowest BCUT2D eigenvalue weighted by atomic mass is 10.0. The number of nitrogens with one attached hydrogen (secondary N) is 2. The van der Waals surface area contributed by atoms with Crippen molar-refractivity contribution >= 4 is 23.4 Å². The van der Waals surface area contributed by atoms with Gasteiger partial charge in [-0.3, -0.25) is 19.7 Å². The van der Waals surface area contributed by atoms with Crippen LogP contribution in [0.5, 0.6) is 5.75 Å². The van der Waals surface area contributed by atoms with E-state index in [0.717, 1.165) is 6.54 Å². The first-order chi connectivity index (χ1) is 16.2. The zero-order valence-corrected chi connectivity index (χ0v) is 18.6. The Hall–Kier alpha value is -3.46. The van der Waals surface area contributed by atoms with Gasteiger partial charge in [0.15, 0.2) is 0 Å². The molecule has 9 heteroatoms. The summed E-state index contributed by atoms with van der Waals surface area (Å²) in [6.45, 7) is 1.40. The van der Waals surface area contributed by atoms with Crippen LogP contribution in [0.2, 0.25) is 0 Å². The van der Waals surface area contributed by atoms with E-state index in [4.69, 9.17) is 6.11 Å². The number of hydrogen-bond donors (Lipinski definition) is 2. The molecule has 8 nitrogen and oxygen atoms in total. The first-order valence-corrected chi connectivity index (χ1v) is 10.8. The van der Waals surface area contributed by atoms with Crippen molar-refractivity contribution in [2.45, 2.75) is 31.9 Å². The van der Waals surface area contributed by atoms with Gasteiger partial charge in [0.1, 0.15) is 24.2 Å². The Balaban J connectivity index is 1.49. The molecule has 0 aliphatic carbocycles. The molecule has 33 heavy (non-hydrogen) atoms. The van der Waals surface area contributed by atoms with Crippen molar-refractivity contribution in [1.29, 1.82) is 0 Å². The molecule has 0 spiro atoms. The number of carbonyl (C=O) groups excluding carboxylic acids is 3. The second-order valence-corrected chi connectivity index (χ2v) is 8.31. The van der Waals surface area contributed by atoms with E-state index < -0.39 is 23.7 Å². The number of halogens is 1. The van der Waals surface area contributed by atoms with Crippen LogP contribution in [0.1, 0.15) is 35.7 Å². The van der Waals surface area contributed by atoms with Crippen LogP contribution in [0.15, 0.2) is 36.4 Å². The van der Waals surface area contributed by atoms with Crippen molar-refractivity contribution < 1.29 is 24.9 Å². The van der Waals surface area contributed by atoms with E-state index in [1.165, 1.54) is 11.0 Å². The molecule has 1 atom stereocenters. The molecule has 2 aromatic carbocycles. The second-order valence-electron chi connectivity index (χ2n) is 8.31. The van der Waals surface area contributed by atoms with Gasteiger partial charge in [-0.05, 0) is 50.8 Å². The number of nitrogens with zero attached hydrogens (tertiary/aromatic N) is 2. The maximum absolute atomic E-state index is 14.4. The minimum Gasteiger partial charge on any atom is -0.492 e. The van der Waals surface area contributed by atoms with E-state index in [1.807, 2.05) is 19.0 Å². The van der Waals surface area contributed by atoms with Gasteiger partial charge in [0.25, 0.3) is 5.91 Å². The summed E-state index contributed by atoms with van der Waals surface area (Å²) in [5.41, 5.74) is 2.02. The zero-order valence-electron chi connectivity index (χ0n) is 19.6. The SMILES string of the molecule is [2H][C@@]1(N2Cc3c(NCc4cc(OCCN(C)C)ccc4F)cccc3C2=O)CCC(=O)NC1=O. The monoisotopic (exact) mass is 455 g/mol. The lowest BCUT2D eigenvalue weighted by Crippen LogP contribution is -2.52. The zero-order chi connectivity index (χ0) is 24.5.